The minimum atomic E-state index is -0.354. The van der Waals surface area contributed by atoms with E-state index < -0.39 is 0 Å². The molecule has 0 fully saturated rings. The summed E-state index contributed by atoms with van der Waals surface area (Å²) in [7, 11) is 0. The van der Waals surface area contributed by atoms with E-state index in [4.69, 9.17) is 17.0 Å². The lowest BCUT2D eigenvalue weighted by molar-refractivity contribution is 0.0939. The molecular formula is C27H29N3O3S. The topological polar surface area (TPSA) is 79.5 Å². The molecule has 1 unspecified atom stereocenters. The lowest BCUT2D eigenvalue weighted by Gasteiger charge is -2.17. The fraction of sp³-hybridized carbons (Fsp3) is 0.222. The molecule has 0 saturated heterocycles. The van der Waals surface area contributed by atoms with Gasteiger partial charge < -0.3 is 15.4 Å². The molecule has 6 nitrogen and oxygen atoms in total. The van der Waals surface area contributed by atoms with E-state index in [0.29, 0.717) is 35.1 Å². The van der Waals surface area contributed by atoms with Crippen molar-refractivity contribution in [3.05, 3.63) is 95.6 Å². The summed E-state index contributed by atoms with van der Waals surface area (Å²) in [4.78, 5) is 25.5. The predicted octanol–water partition coefficient (Wildman–Crippen LogP) is 5.34. The van der Waals surface area contributed by atoms with E-state index in [9.17, 15) is 9.59 Å². The van der Waals surface area contributed by atoms with Gasteiger partial charge in [0.25, 0.3) is 11.8 Å². The number of nitrogens with one attached hydrogen (secondary N) is 3. The molecule has 3 rings (SSSR count). The van der Waals surface area contributed by atoms with Gasteiger partial charge in [0.2, 0.25) is 0 Å². The normalized spacial score (nSPS) is 11.4. The Labute approximate surface area is 205 Å². The molecule has 34 heavy (non-hydrogen) atoms. The Kier molecular flexibility index (Phi) is 8.76. The smallest absolute Gasteiger partial charge is 0.257 e. The zero-order chi connectivity index (χ0) is 24.5. The number of benzene rings is 3. The van der Waals surface area contributed by atoms with Gasteiger partial charge in [-0.05, 0) is 67.0 Å². The number of anilines is 1. The highest BCUT2D eigenvalue weighted by atomic mass is 32.1. The van der Waals surface area contributed by atoms with Crippen LogP contribution in [-0.2, 0) is 0 Å². The van der Waals surface area contributed by atoms with Crippen LogP contribution in [0.25, 0.3) is 0 Å². The molecule has 0 aliphatic rings. The van der Waals surface area contributed by atoms with Gasteiger partial charge in [-0.15, -0.1) is 0 Å². The second-order valence-corrected chi connectivity index (χ2v) is 8.70. The minimum Gasteiger partial charge on any atom is -0.493 e. The summed E-state index contributed by atoms with van der Waals surface area (Å²) in [5, 5.41) is 8.71. The first kappa shape index (κ1) is 24.9. The van der Waals surface area contributed by atoms with Crippen LogP contribution in [0, 0.1) is 5.92 Å². The number of ether oxygens (including phenoxy) is 1. The summed E-state index contributed by atoms with van der Waals surface area (Å²) in [6.45, 7) is 6.67. The number of hydrogen-bond acceptors (Lipinski definition) is 4. The van der Waals surface area contributed by atoms with Gasteiger partial charge in [-0.2, -0.15) is 0 Å². The third kappa shape index (κ3) is 7.15. The average molecular weight is 476 g/mol. The van der Waals surface area contributed by atoms with E-state index in [1.54, 1.807) is 48.5 Å². The molecule has 0 radical (unpaired) electrons. The summed E-state index contributed by atoms with van der Waals surface area (Å²) >= 11 is 5.32. The Bertz CT molecular complexity index is 1130. The van der Waals surface area contributed by atoms with Crippen molar-refractivity contribution in [1.82, 2.24) is 10.6 Å². The van der Waals surface area contributed by atoms with Crippen LogP contribution in [0.1, 0.15) is 53.1 Å². The molecule has 3 aromatic rings. The molecule has 0 heterocycles. The van der Waals surface area contributed by atoms with Crippen molar-refractivity contribution >= 4 is 34.8 Å². The van der Waals surface area contributed by atoms with Crippen LogP contribution in [0.15, 0.2) is 78.9 Å². The molecule has 1 atom stereocenters. The van der Waals surface area contributed by atoms with Crippen LogP contribution in [0.3, 0.4) is 0 Å². The highest BCUT2D eigenvalue weighted by Crippen LogP contribution is 2.18. The third-order valence-electron chi connectivity index (χ3n) is 4.99. The molecule has 7 heteroatoms. The van der Waals surface area contributed by atoms with Crippen molar-refractivity contribution in [3.8, 4) is 5.75 Å². The summed E-state index contributed by atoms with van der Waals surface area (Å²) < 4.78 is 5.65. The fourth-order valence-corrected chi connectivity index (χ4v) is 3.39. The number of amides is 2. The summed E-state index contributed by atoms with van der Waals surface area (Å²) in [6, 6.07) is 23.4. The van der Waals surface area contributed by atoms with Crippen LogP contribution in [0.2, 0.25) is 0 Å². The van der Waals surface area contributed by atoms with Gasteiger partial charge in [0.1, 0.15) is 5.75 Å². The van der Waals surface area contributed by atoms with Crippen LogP contribution >= 0.6 is 12.2 Å². The van der Waals surface area contributed by atoms with Gasteiger partial charge in [0, 0.05) is 5.56 Å². The van der Waals surface area contributed by atoms with Crippen molar-refractivity contribution < 1.29 is 14.3 Å². The summed E-state index contributed by atoms with van der Waals surface area (Å²) in [6.07, 6.45) is 0. The van der Waals surface area contributed by atoms with Crippen LogP contribution in [0.5, 0.6) is 5.75 Å². The maximum atomic E-state index is 12.9. The maximum Gasteiger partial charge on any atom is 0.257 e. The molecule has 0 aromatic heterocycles. The van der Waals surface area contributed by atoms with Crippen LogP contribution in [0.4, 0.5) is 5.69 Å². The first-order valence-electron chi connectivity index (χ1n) is 11.1. The lowest BCUT2D eigenvalue weighted by atomic mass is 10.1. The first-order valence-corrected chi connectivity index (χ1v) is 11.5. The number of rotatable bonds is 8. The number of carbonyl (C=O) groups excluding carboxylic acids is 2. The van der Waals surface area contributed by atoms with Gasteiger partial charge in [-0.3, -0.25) is 14.9 Å². The molecule has 0 aliphatic heterocycles. The number of hydrogen-bond donors (Lipinski definition) is 3. The fourth-order valence-electron chi connectivity index (χ4n) is 3.18. The second kappa shape index (κ2) is 12.0. The van der Waals surface area contributed by atoms with Crippen LogP contribution in [-0.4, -0.2) is 23.5 Å². The van der Waals surface area contributed by atoms with E-state index in [1.165, 1.54) is 0 Å². The van der Waals surface area contributed by atoms with Crippen molar-refractivity contribution in [1.29, 1.82) is 0 Å². The number of para-hydroxylation sites is 1. The predicted molar refractivity (Wildman–Crippen MR) is 139 cm³/mol. The van der Waals surface area contributed by atoms with E-state index in [1.807, 2.05) is 37.3 Å². The summed E-state index contributed by atoms with van der Waals surface area (Å²) in [5.74, 6) is 0.520. The molecule has 176 valence electrons. The maximum absolute atomic E-state index is 12.9. The Balaban J connectivity index is 1.61. The number of thiocarbonyl (C=S) groups is 1. The van der Waals surface area contributed by atoms with E-state index >= 15 is 0 Å². The zero-order valence-electron chi connectivity index (χ0n) is 19.5. The molecule has 3 aromatic carbocycles. The van der Waals surface area contributed by atoms with E-state index in [0.717, 1.165) is 5.56 Å². The average Bonchev–Trinajstić information content (AvgIpc) is 2.83. The largest absolute Gasteiger partial charge is 0.493 e. The standard InChI is InChI=1S/C27H29N3O3S/c1-18(2)17-33-22-15-13-21(14-16-22)25(31)30-27(34)29-24-12-8-7-11-23(24)26(32)28-19(3)20-9-5-4-6-10-20/h4-16,18-19H,17H2,1-3H3,(H,28,32)(H2,29,30,31,34). The molecule has 0 aliphatic carbocycles. The molecule has 3 N–H and O–H groups in total. The van der Waals surface area contributed by atoms with Gasteiger partial charge >= 0.3 is 0 Å². The molecule has 0 bridgehead atoms. The van der Waals surface area contributed by atoms with Crippen molar-refractivity contribution in [2.75, 3.05) is 11.9 Å². The van der Waals surface area contributed by atoms with Gasteiger partial charge in [0.05, 0.1) is 23.9 Å². The van der Waals surface area contributed by atoms with Gasteiger partial charge in [0.15, 0.2) is 5.11 Å². The Morgan fingerprint density at radius 2 is 1.50 bits per heavy atom. The second-order valence-electron chi connectivity index (χ2n) is 8.29. The third-order valence-corrected chi connectivity index (χ3v) is 5.20. The Morgan fingerprint density at radius 3 is 2.18 bits per heavy atom. The monoisotopic (exact) mass is 475 g/mol. The lowest BCUT2D eigenvalue weighted by Crippen LogP contribution is -2.35. The highest BCUT2D eigenvalue weighted by Gasteiger charge is 2.16. The van der Waals surface area contributed by atoms with Gasteiger partial charge in [-0.1, -0.05) is 56.3 Å². The summed E-state index contributed by atoms with van der Waals surface area (Å²) in [5.41, 5.74) is 2.38. The van der Waals surface area contributed by atoms with Crippen molar-refractivity contribution in [2.24, 2.45) is 5.92 Å². The SMILES string of the molecule is CC(C)COc1ccc(C(=O)NC(=S)Nc2ccccc2C(=O)NC(C)c2ccccc2)cc1. The van der Waals surface area contributed by atoms with E-state index in [-0.39, 0.29) is 23.0 Å². The quantitative estimate of drug-likeness (QED) is 0.383. The molecule has 0 saturated carbocycles. The van der Waals surface area contributed by atoms with Crippen LogP contribution < -0.4 is 20.7 Å². The Hall–Kier alpha value is -3.71. The highest BCUT2D eigenvalue weighted by molar-refractivity contribution is 7.80. The Morgan fingerprint density at radius 1 is 0.853 bits per heavy atom. The first-order chi connectivity index (χ1) is 16.3. The minimum absolute atomic E-state index is 0.0986. The molecular weight excluding hydrogens is 446 g/mol. The van der Waals surface area contributed by atoms with Crippen molar-refractivity contribution in [3.63, 3.8) is 0 Å². The number of carbonyl (C=O) groups is 2. The van der Waals surface area contributed by atoms with Gasteiger partial charge in [-0.25, -0.2) is 0 Å². The molecule has 2 amide bonds. The van der Waals surface area contributed by atoms with E-state index in [2.05, 4.69) is 29.8 Å². The molecule has 0 spiro atoms. The zero-order valence-corrected chi connectivity index (χ0v) is 20.3. The van der Waals surface area contributed by atoms with Crippen molar-refractivity contribution in [2.45, 2.75) is 26.8 Å².